The quantitative estimate of drug-likeness (QED) is 0.647. The maximum absolute atomic E-state index is 5.29. The van der Waals surface area contributed by atoms with Crippen LogP contribution in [0.15, 0.2) is 42.5 Å². The molecule has 0 fully saturated rings. The number of methoxy groups -OCH3 is 1. The molecule has 1 aromatic heterocycles. The summed E-state index contributed by atoms with van der Waals surface area (Å²) in [6, 6.07) is 16.1. The summed E-state index contributed by atoms with van der Waals surface area (Å²) in [6.45, 7) is 6.66. The fourth-order valence-electron chi connectivity index (χ4n) is 4.28. The van der Waals surface area contributed by atoms with Crippen LogP contribution in [0.1, 0.15) is 36.2 Å². The zero-order valence-corrected chi connectivity index (χ0v) is 17.0. The molecule has 2 heterocycles. The van der Waals surface area contributed by atoms with Crippen LogP contribution >= 0.6 is 0 Å². The third kappa shape index (κ3) is 3.37. The van der Waals surface area contributed by atoms with Gasteiger partial charge in [-0.2, -0.15) is 0 Å². The van der Waals surface area contributed by atoms with Gasteiger partial charge in [0.1, 0.15) is 5.75 Å². The lowest BCUT2D eigenvalue weighted by Crippen LogP contribution is -2.35. The van der Waals surface area contributed by atoms with Crippen molar-refractivity contribution in [2.24, 2.45) is 0 Å². The standard InChI is InChI=1S/C24H30N2O/c1-5-18-8-11-23-21(15-18)22-16-25(3)17(2)14-24(22)26(23)13-12-19-6-9-20(27-4)10-7-19/h6-11,15,17H,5,12-14,16H2,1-4H3. The first kappa shape index (κ1) is 18.1. The summed E-state index contributed by atoms with van der Waals surface area (Å²) >= 11 is 0. The minimum absolute atomic E-state index is 0.590. The minimum atomic E-state index is 0.590. The molecule has 1 aliphatic heterocycles. The van der Waals surface area contributed by atoms with E-state index in [1.54, 1.807) is 7.11 Å². The number of hydrogen-bond acceptors (Lipinski definition) is 2. The molecule has 0 saturated heterocycles. The Morgan fingerprint density at radius 1 is 1.07 bits per heavy atom. The number of benzene rings is 2. The van der Waals surface area contributed by atoms with Crippen LogP contribution in [0.25, 0.3) is 10.9 Å². The molecule has 2 aromatic carbocycles. The minimum Gasteiger partial charge on any atom is -0.497 e. The summed E-state index contributed by atoms with van der Waals surface area (Å²) in [5.74, 6) is 0.923. The van der Waals surface area contributed by atoms with Gasteiger partial charge in [0.15, 0.2) is 0 Å². The monoisotopic (exact) mass is 362 g/mol. The van der Waals surface area contributed by atoms with E-state index in [4.69, 9.17) is 4.74 Å². The van der Waals surface area contributed by atoms with Crippen molar-refractivity contribution in [3.05, 3.63) is 64.8 Å². The van der Waals surface area contributed by atoms with Crippen LogP contribution in [0.2, 0.25) is 0 Å². The van der Waals surface area contributed by atoms with E-state index in [-0.39, 0.29) is 0 Å². The predicted molar refractivity (Wildman–Crippen MR) is 113 cm³/mol. The van der Waals surface area contributed by atoms with Crippen LogP contribution in [-0.4, -0.2) is 29.7 Å². The highest BCUT2D eigenvalue weighted by molar-refractivity contribution is 5.86. The molecule has 3 aromatic rings. The van der Waals surface area contributed by atoms with Crippen molar-refractivity contribution in [3.8, 4) is 5.75 Å². The third-order valence-corrected chi connectivity index (χ3v) is 6.19. The lowest BCUT2D eigenvalue weighted by molar-refractivity contribution is 0.228. The van der Waals surface area contributed by atoms with Gasteiger partial charge in [-0.25, -0.2) is 0 Å². The van der Waals surface area contributed by atoms with Gasteiger partial charge in [-0.3, -0.25) is 4.90 Å². The van der Waals surface area contributed by atoms with E-state index in [1.165, 1.54) is 33.3 Å². The van der Waals surface area contributed by atoms with Crippen molar-refractivity contribution in [3.63, 3.8) is 0 Å². The van der Waals surface area contributed by atoms with E-state index < -0.39 is 0 Å². The Bertz CT molecular complexity index is 939. The summed E-state index contributed by atoms with van der Waals surface area (Å²) in [5, 5.41) is 1.46. The molecule has 3 heteroatoms. The molecule has 4 rings (SSSR count). The number of ether oxygens (including phenoxy) is 1. The summed E-state index contributed by atoms with van der Waals surface area (Å²) in [6.07, 6.45) is 3.26. The Balaban J connectivity index is 1.71. The van der Waals surface area contributed by atoms with Crippen LogP contribution in [0.4, 0.5) is 0 Å². The number of likely N-dealkylation sites (N-methyl/N-ethyl adjacent to an activating group) is 1. The van der Waals surface area contributed by atoms with E-state index in [1.807, 2.05) is 0 Å². The number of hydrogen-bond donors (Lipinski definition) is 0. The molecule has 1 atom stereocenters. The van der Waals surface area contributed by atoms with Crippen molar-refractivity contribution < 1.29 is 4.74 Å². The molecule has 1 aliphatic rings. The second kappa shape index (κ2) is 7.40. The number of nitrogens with zero attached hydrogens (tertiary/aromatic N) is 2. The van der Waals surface area contributed by atoms with Crippen LogP contribution in [0.5, 0.6) is 5.75 Å². The maximum atomic E-state index is 5.29. The van der Waals surface area contributed by atoms with Crippen molar-refractivity contribution in [2.75, 3.05) is 14.2 Å². The van der Waals surface area contributed by atoms with Crippen LogP contribution in [0, 0.1) is 0 Å². The summed E-state index contributed by atoms with van der Waals surface area (Å²) in [4.78, 5) is 2.48. The molecule has 3 nitrogen and oxygen atoms in total. The molecule has 0 amide bonds. The Morgan fingerprint density at radius 3 is 2.52 bits per heavy atom. The van der Waals surface area contributed by atoms with Gasteiger partial charge in [-0.15, -0.1) is 0 Å². The lowest BCUT2D eigenvalue weighted by Gasteiger charge is -2.31. The fourth-order valence-corrected chi connectivity index (χ4v) is 4.28. The average molecular weight is 363 g/mol. The lowest BCUT2D eigenvalue weighted by atomic mass is 9.99. The highest BCUT2D eigenvalue weighted by Crippen LogP contribution is 2.33. The first-order chi connectivity index (χ1) is 13.1. The van der Waals surface area contributed by atoms with Crippen LogP contribution < -0.4 is 4.74 Å². The summed E-state index contributed by atoms with van der Waals surface area (Å²) in [5.41, 5.74) is 7.26. The van der Waals surface area contributed by atoms with Crippen molar-refractivity contribution >= 4 is 10.9 Å². The van der Waals surface area contributed by atoms with E-state index in [9.17, 15) is 0 Å². The molecular weight excluding hydrogens is 332 g/mol. The fraction of sp³-hybridized carbons (Fsp3) is 0.417. The largest absolute Gasteiger partial charge is 0.497 e. The Labute approximate surface area is 162 Å². The van der Waals surface area contributed by atoms with Crippen molar-refractivity contribution in [1.82, 2.24) is 9.47 Å². The van der Waals surface area contributed by atoms with Crippen LogP contribution in [-0.2, 0) is 32.4 Å². The predicted octanol–water partition coefficient (Wildman–Crippen LogP) is 4.83. The van der Waals surface area contributed by atoms with Gasteiger partial charge < -0.3 is 9.30 Å². The number of rotatable bonds is 5. The summed E-state index contributed by atoms with van der Waals surface area (Å²) < 4.78 is 7.87. The molecule has 0 spiro atoms. The van der Waals surface area contributed by atoms with Gasteiger partial charge in [-0.05, 0) is 67.8 Å². The van der Waals surface area contributed by atoms with E-state index in [2.05, 4.69) is 72.8 Å². The molecule has 0 saturated carbocycles. The number of aryl methyl sites for hydroxylation is 3. The first-order valence-electron chi connectivity index (χ1n) is 10.1. The molecule has 0 radical (unpaired) electrons. The SMILES string of the molecule is CCc1ccc2c(c1)c1c(n2CCc2ccc(OC)cc2)CC(C)N(C)C1. The molecule has 0 aliphatic carbocycles. The molecule has 0 N–H and O–H groups in total. The number of aromatic nitrogens is 1. The topological polar surface area (TPSA) is 17.4 Å². The Hall–Kier alpha value is -2.26. The van der Waals surface area contributed by atoms with Gasteiger partial charge in [-0.1, -0.05) is 25.1 Å². The van der Waals surface area contributed by atoms with E-state index >= 15 is 0 Å². The van der Waals surface area contributed by atoms with Gasteiger partial charge in [0, 0.05) is 42.1 Å². The summed E-state index contributed by atoms with van der Waals surface area (Å²) in [7, 11) is 3.97. The van der Waals surface area contributed by atoms with E-state index in [0.29, 0.717) is 6.04 Å². The first-order valence-corrected chi connectivity index (χ1v) is 10.1. The molecule has 0 bridgehead atoms. The van der Waals surface area contributed by atoms with Gasteiger partial charge in [0.05, 0.1) is 7.11 Å². The smallest absolute Gasteiger partial charge is 0.118 e. The normalized spacial score (nSPS) is 17.3. The molecule has 27 heavy (non-hydrogen) atoms. The zero-order chi connectivity index (χ0) is 19.0. The Kier molecular flexibility index (Phi) is 4.96. The van der Waals surface area contributed by atoms with Crippen molar-refractivity contribution in [1.29, 1.82) is 0 Å². The highest BCUT2D eigenvalue weighted by atomic mass is 16.5. The maximum Gasteiger partial charge on any atom is 0.118 e. The second-order valence-electron chi connectivity index (χ2n) is 7.85. The van der Waals surface area contributed by atoms with Gasteiger partial charge in [0.2, 0.25) is 0 Å². The second-order valence-corrected chi connectivity index (χ2v) is 7.85. The van der Waals surface area contributed by atoms with Gasteiger partial charge >= 0.3 is 0 Å². The molecule has 1 unspecified atom stereocenters. The Morgan fingerprint density at radius 2 is 1.81 bits per heavy atom. The molecular formula is C24H30N2O. The van der Waals surface area contributed by atoms with Gasteiger partial charge in [0.25, 0.3) is 0 Å². The van der Waals surface area contributed by atoms with Crippen molar-refractivity contribution in [2.45, 2.75) is 52.2 Å². The number of fused-ring (bicyclic) bond motifs is 3. The third-order valence-electron chi connectivity index (χ3n) is 6.19. The highest BCUT2D eigenvalue weighted by Gasteiger charge is 2.26. The van der Waals surface area contributed by atoms with Crippen LogP contribution in [0.3, 0.4) is 0 Å². The molecule has 142 valence electrons. The average Bonchev–Trinajstić information content (AvgIpc) is 2.99. The zero-order valence-electron chi connectivity index (χ0n) is 17.0. The van der Waals surface area contributed by atoms with E-state index in [0.717, 1.165) is 38.1 Å².